The zero-order chi connectivity index (χ0) is 14.5. The lowest BCUT2D eigenvalue weighted by Gasteiger charge is -2.12. The Morgan fingerprint density at radius 2 is 2.10 bits per heavy atom. The van der Waals surface area contributed by atoms with Crippen molar-refractivity contribution in [3.05, 3.63) is 53.1 Å². The Morgan fingerprint density at radius 3 is 2.75 bits per heavy atom. The van der Waals surface area contributed by atoms with Gasteiger partial charge >= 0.3 is 5.97 Å². The first-order valence-electron chi connectivity index (χ1n) is 6.79. The topological polar surface area (TPSA) is 55.0 Å². The van der Waals surface area contributed by atoms with Gasteiger partial charge in [-0.1, -0.05) is 32.0 Å². The fourth-order valence-corrected chi connectivity index (χ4v) is 1.99. The summed E-state index contributed by atoms with van der Waals surface area (Å²) in [5.41, 5.74) is 4.51. The zero-order valence-electron chi connectivity index (χ0n) is 12.1. The lowest BCUT2D eigenvalue weighted by Crippen LogP contribution is -2.12. The summed E-state index contributed by atoms with van der Waals surface area (Å²) < 4.78 is 5.30. The molecular formula is C16H20N2O2. The maximum absolute atomic E-state index is 11.5. The molecule has 0 saturated carbocycles. The van der Waals surface area contributed by atoms with Crippen molar-refractivity contribution in [2.24, 2.45) is 5.92 Å². The summed E-state index contributed by atoms with van der Waals surface area (Å²) in [6.45, 7) is 6.07. The Balaban J connectivity index is 2.09. The van der Waals surface area contributed by atoms with E-state index in [1.807, 2.05) is 32.2 Å². The Labute approximate surface area is 119 Å². The van der Waals surface area contributed by atoms with E-state index in [9.17, 15) is 4.79 Å². The molecule has 0 bridgehead atoms. The number of carbonyl (C=O) groups excluding carboxylic acids is 1. The third-order valence-corrected chi connectivity index (χ3v) is 3.34. The summed E-state index contributed by atoms with van der Waals surface area (Å²) in [5, 5.41) is 0. The molecule has 0 radical (unpaired) electrons. The number of aromatic amines is 1. The van der Waals surface area contributed by atoms with Crippen LogP contribution in [0.3, 0.4) is 0 Å². The average molecular weight is 272 g/mol. The molecule has 0 atom stereocenters. The monoisotopic (exact) mass is 272 g/mol. The smallest absolute Gasteiger partial charge is 0.308 e. The lowest BCUT2D eigenvalue weighted by atomic mass is 9.99. The van der Waals surface area contributed by atoms with Gasteiger partial charge < -0.3 is 9.72 Å². The number of rotatable bonds is 5. The Morgan fingerprint density at radius 1 is 1.35 bits per heavy atom. The van der Waals surface area contributed by atoms with E-state index in [1.54, 1.807) is 6.33 Å². The van der Waals surface area contributed by atoms with Gasteiger partial charge in [0.15, 0.2) is 0 Å². The SMILES string of the molecule is Cc1c(COC(=O)C(C)C)cccc1Cc1cnc[nH]1. The molecule has 0 spiro atoms. The third kappa shape index (κ3) is 3.47. The molecule has 4 heteroatoms. The molecule has 20 heavy (non-hydrogen) atoms. The summed E-state index contributed by atoms with van der Waals surface area (Å²) in [6, 6.07) is 6.08. The molecule has 0 aliphatic carbocycles. The molecule has 0 saturated heterocycles. The summed E-state index contributed by atoms with van der Waals surface area (Å²) in [6.07, 6.45) is 4.31. The second-order valence-electron chi connectivity index (χ2n) is 5.22. The van der Waals surface area contributed by atoms with Crippen LogP contribution in [-0.2, 0) is 22.6 Å². The number of nitrogens with one attached hydrogen (secondary N) is 1. The average Bonchev–Trinajstić information content (AvgIpc) is 2.92. The molecule has 4 nitrogen and oxygen atoms in total. The number of benzene rings is 1. The van der Waals surface area contributed by atoms with Gasteiger partial charge in [0.1, 0.15) is 6.61 Å². The van der Waals surface area contributed by atoms with Crippen molar-refractivity contribution >= 4 is 5.97 Å². The van der Waals surface area contributed by atoms with E-state index in [0.717, 1.165) is 17.7 Å². The van der Waals surface area contributed by atoms with E-state index in [-0.39, 0.29) is 11.9 Å². The van der Waals surface area contributed by atoms with Crippen molar-refractivity contribution < 1.29 is 9.53 Å². The predicted octanol–water partition coefficient (Wildman–Crippen LogP) is 3.01. The number of carbonyl (C=O) groups is 1. The number of ether oxygens (including phenoxy) is 1. The fraction of sp³-hybridized carbons (Fsp3) is 0.375. The first-order valence-corrected chi connectivity index (χ1v) is 6.79. The Kier molecular flexibility index (Phi) is 4.56. The predicted molar refractivity (Wildman–Crippen MR) is 77.2 cm³/mol. The van der Waals surface area contributed by atoms with Crippen molar-refractivity contribution in [3.63, 3.8) is 0 Å². The van der Waals surface area contributed by atoms with Crippen LogP contribution in [0.4, 0.5) is 0 Å². The van der Waals surface area contributed by atoms with E-state index in [4.69, 9.17) is 4.74 Å². The molecule has 0 aliphatic heterocycles. The van der Waals surface area contributed by atoms with Crippen LogP contribution in [0.1, 0.15) is 36.2 Å². The van der Waals surface area contributed by atoms with E-state index in [1.165, 1.54) is 11.1 Å². The molecule has 1 aromatic heterocycles. The summed E-state index contributed by atoms with van der Waals surface area (Å²) in [5.74, 6) is -0.258. The highest BCUT2D eigenvalue weighted by Crippen LogP contribution is 2.18. The Bertz CT molecular complexity index is 574. The minimum absolute atomic E-state index is 0.0940. The molecule has 106 valence electrons. The van der Waals surface area contributed by atoms with Crippen LogP contribution in [-0.4, -0.2) is 15.9 Å². The number of esters is 1. The highest BCUT2D eigenvalue weighted by molar-refractivity contribution is 5.71. The number of hydrogen-bond acceptors (Lipinski definition) is 3. The third-order valence-electron chi connectivity index (χ3n) is 3.34. The number of nitrogens with zero attached hydrogens (tertiary/aromatic N) is 1. The second-order valence-corrected chi connectivity index (χ2v) is 5.22. The molecule has 2 aromatic rings. The highest BCUT2D eigenvalue weighted by atomic mass is 16.5. The van der Waals surface area contributed by atoms with E-state index in [2.05, 4.69) is 23.0 Å². The van der Waals surface area contributed by atoms with E-state index in [0.29, 0.717) is 6.61 Å². The quantitative estimate of drug-likeness (QED) is 0.851. The number of hydrogen-bond donors (Lipinski definition) is 1. The van der Waals surface area contributed by atoms with Crippen LogP contribution >= 0.6 is 0 Å². The van der Waals surface area contributed by atoms with Crippen LogP contribution in [0, 0.1) is 12.8 Å². The molecule has 0 aliphatic rings. The lowest BCUT2D eigenvalue weighted by molar-refractivity contribution is -0.148. The van der Waals surface area contributed by atoms with Crippen molar-refractivity contribution in [2.45, 2.75) is 33.8 Å². The van der Waals surface area contributed by atoms with Gasteiger partial charge in [-0.2, -0.15) is 0 Å². The first kappa shape index (κ1) is 14.3. The summed E-state index contributed by atoms with van der Waals surface area (Å²) in [4.78, 5) is 18.7. The van der Waals surface area contributed by atoms with Gasteiger partial charge in [0.25, 0.3) is 0 Å². The van der Waals surface area contributed by atoms with Crippen LogP contribution in [0.5, 0.6) is 0 Å². The minimum Gasteiger partial charge on any atom is -0.461 e. The van der Waals surface area contributed by atoms with Crippen LogP contribution in [0.2, 0.25) is 0 Å². The maximum atomic E-state index is 11.5. The molecule has 1 aromatic carbocycles. The molecule has 0 fully saturated rings. The van der Waals surface area contributed by atoms with Crippen molar-refractivity contribution in [1.82, 2.24) is 9.97 Å². The maximum Gasteiger partial charge on any atom is 0.308 e. The summed E-state index contributed by atoms with van der Waals surface area (Å²) >= 11 is 0. The van der Waals surface area contributed by atoms with Crippen molar-refractivity contribution in [3.8, 4) is 0 Å². The standard InChI is InChI=1S/C16H20N2O2/c1-11(2)16(19)20-9-14-6-4-5-13(12(14)3)7-15-8-17-10-18-15/h4-6,8,10-11H,7,9H2,1-3H3,(H,17,18). The van der Waals surface area contributed by atoms with Gasteiger partial charge in [0.05, 0.1) is 12.2 Å². The zero-order valence-corrected chi connectivity index (χ0v) is 12.1. The molecule has 1 N–H and O–H groups in total. The van der Waals surface area contributed by atoms with E-state index >= 15 is 0 Å². The van der Waals surface area contributed by atoms with Gasteiger partial charge in [-0.05, 0) is 23.6 Å². The molecule has 0 unspecified atom stereocenters. The van der Waals surface area contributed by atoms with E-state index < -0.39 is 0 Å². The first-order chi connectivity index (χ1) is 9.58. The van der Waals surface area contributed by atoms with Gasteiger partial charge in [-0.3, -0.25) is 4.79 Å². The van der Waals surface area contributed by atoms with Crippen LogP contribution < -0.4 is 0 Å². The van der Waals surface area contributed by atoms with Crippen molar-refractivity contribution in [1.29, 1.82) is 0 Å². The molecular weight excluding hydrogens is 252 g/mol. The molecule has 1 heterocycles. The largest absolute Gasteiger partial charge is 0.461 e. The fourth-order valence-electron chi connectivity index (χ4n) is 1.99. The molecule has 2 rings (SSSR count). The normalized spacial score (nSPS) is 10.8. The Hall–Kier alpha value is -2.10. The number of imidazole rings is 1. The minimum atomic E-state index is -0.164. The van der Waals surface area contributed by atoms with Crippen molar-refractivity contribution in [2.75, 3.05) is 0 Å². The number of H-pyrrole nitrogens is 1. The van der Waals surface area contributed by atoms with Gasteiger partial charge in [0.2, 0.25) is 0 Å². The van der Waals surface area contributed by atoms with Crippen LogP contribution in [0.25, 0.3) is 0 Å². The van der Waals surface area contributed by atoms with Crippen LogP contribution in [0.15, 0.2) is 30.7 Å². The number of aromatic nitrogens is 2. The van der Waals surface area contributed by atoms with Gasteiger partial charge in [-0.15, -0.1) is 0 Å². The van der Waals surface area contributed by atoms with Gasteiger partial charge in [0, 0.05) is 18.3 Å². The second kappa shape index (κ2) is 6.37. The van der Waals surface area contributed by atoms with Gasteiger partial charge in [-0.25, -0.2) is 4.98 Å². The highest BCUT2D eigenvalue weighted by Gasteiger charge is 2.11. The molecule has 0 amide bonds. The summed E-state index contributed by atoms with van der Waals surface area (Å²) in [7, 11) is 0.